The summed E-state index contributed by atoms with van der Waals surface area (Å²) in [6.07, 6.45) is 3.17. The van der Waals surface area contributed by atoms with Crippen molar-refractivity contribution in [3.8, 4) is 0 Å². The lowest BCUT2D eigenvalue weighted by molar-refractivity contribution is -0.119. The van der Waals surface area contributed by atoms with Gasteiger partial charge in [0.15, 0.2) is 0 Å². The van der Waals surface area contributed by atoms with Crippen molar-refractivity contribution in [3.05, 3.63) is 0 Å². The summed E-state index contributed by atoms with van der Waals surface area (Å²) in [4.78, 5) is 26.0. The molecule has 110 valence electrons. The highest BCUT2D eigenvalue weighted by Gasteiger charge is 2.16. The van der Waals surface area contributed by atoms with Crippen LogP contribution >= 0.6 is 0 Å². The van der Waals surface area contributed by atoms with E-state index in [9.17, 15) is 4.79 Å². The van der Waals surface area contributed by atoms with Gasteiger partial charge in [-0.25, -0.2) is 0 Å². The average molecular weight is 279 g/mol. The molecule has 0 radical (unpaired) electrons. The van der Waals surface area contributed by atoms with Gasteiger partial charge in [-0.1, -0.05) is 6.92 Å². The number of amides is 1. The number of nitrogen functional groups attached to an aromatic ring is 1. The van der Waals surface area contributed by atoms with Gasteiger partial charge in [0.1, 0.15) is 0 Å². The molecular formula is C12H21N7O. The van der Waals surface area contributed by atoms with E-state index in [1.54, 1.807) is 0 Å². The highest BCUT2D eigenvalue weighted by atomic mass is 16.1. The van der Waals surface area contributed by atoms with Crippen molar-refractivity contribution in [3.63, 3.8) is 0 Å². The second kappa shape index (κ2) is 6.88. The highest BCUT2D eigenvalue weighted by Crippen LogP contribution is 2.17. The smallest absolute Gasteiger partial charge is 0.239 e. The van der Waals surface area contributed by atoms with Crippen molar-refractivity contribution in [2.45, 2.75) is 26.2 Å². The molecule has 0 saturated carbocycles. The Morgan fingerprint density at radius 2 is 2.05 bits per heavy atom. The van der Waals surface area contributed by atoms with Crippen molar-refractivity contribution in [2.24, 2.45) is 0 Å². The van der Waals surface area contributed by atoms with Crippen molar-refractivity contribution >= 4 is 23.8 Å². The molecule has 8 nitrogen and oxygen atoms in total. The molecule has 0 atom stereocenters. The largest absolute Gasteiger partial charge is 0.368 e. The maximum Gasteiger partial charge on any atom is 0.239 e. The van der Waals surface area contributed by atoms with Crippen LogP contribution in [-0.4, -0.2) is 47.0 Å². The van der Waals surface area contributed by atoms with Crippen LogP contribution in [0.15, 0.2) is 0 Å². The first kappa shape index (κ1) is 14.3. The number of carbonyl (C=O) groups excluding carboxylic acids is 1. The summed E-state index contributed by atoms with van der Waals surface area (Å²) in [5.74, 6) is 0.990. The van der Waals surface area contributed by atoms with E-state index in [0.717, 1.165) is 32.4 Å². The van der Waals surface area contributed by atoms with Crippen LogP contribution in [0.5, 0.6) is 0 Å². The molecule has 1 aliphatic heterocycles. The zero-order valence-electron chi connectivity index (χ0n) is 11.7. The molecule has 1 amide bonds. The van der Waals surface area contributed by atoms with E-state index in [1.807, 2.05) is 6.92 Å². The van der Waals surface area contributed by atoms with Crippen molar-refractivity contribution in [1.29, 1.82) is 0 Å². The Labute approximate surface area is 118 Å². The number of rotatable bonds is 6. The van der Waals surface area contributed by atoms with E-state index < -0.39 is 0 Å². The predicted octanol–water partition coefficient (Wildman–Crippen LogP) is -0.00790. The summed E-state index contributed by atoms with van der Waals surface area (Å²) < 4.78 is 0. The van der Waals surface area contributed by atoms with Gasteiger partial charge in [-0.3, -0.25) is 4.79 Å². The third-order valence-corrected chi connectivity index (χ3v) is 3.01. The molecular weight excluding hydrogens is 258 g/mol. The predicted molar refractivity (Wildman–Crippen MR) is 77.5 cm³/mol. The number of carbonyl (C=O) groups is 1. The molecule has 0 bridgehead atoms. The van der Waals surface area contributed by atoms with Crippen LogP contribution in [0, 0.1) is 0 Å². The first-order valence-corrected chi connectivity index (χ1v) is 6.96. The standard InChI is InChI=1S/C12H21N7O/c1-2-5-14-9(20)8-15-11-16-10(13)17-12(18-11)19-6-3-4-7-19/h2-8H2,1H3,(H,14,20)(H3,13,15,16,17,18). The van der Waals surface area contributed by atoms with Gasteiger partial charge in [0.2, 0.25) is 23.8 Å². The third-order valence-electron chi connectivity index (χ3n) is 3.01. The maximum atomic E-state index is 11.5. The Morgan fingerprint density at radius 1 is 1.30 bits per heavy atom. The van der Waals surface area contributed by atoms with Crippen LogP contribution in [0.4, 0.5) is 17.8 Å². The molecule has 0 unspecified atom stereocenters. The van der Waals surface area contributed by atoms with Crippen LogP contribution in [0.2, 0.25) is 0 Å². The first-order chi connectivity index (χ1) is 9.69. The SMILES string of the molecule is CCCNC(=O)CNc1nc(N)nc(N2CCCC2)n1. The van der Waals surface area contributed by atoms with Crippen LogP contribution in [0.3, 0.4) is 0 Å². The maximum absolute atomic E-state index is 11.5. The van der Waals surface area contributed by atoms with Gasteiger partial charge < -0.3 is 21.3 Å². The molecule has 2 heterocycles. The number of nitrogens with two attached hydrogens (primary N) is 1. The monoisotopic (exact) mass is 279 g/mol. The quantitative estimate of drug-likeness (QED) is 0.672. The Balaban J connectivity index is 1.95. The Morgan fingerprint density at radius 3 is 2.75 bits per heavy atom. The van der Waals surface area contributed by atoms with Gasteiger partial charge >= 0.3 is 0 Å². The lowest BCUT2D eigenvalue weighted by Gasteiger charge is -2.15. The normalized spacial score (nSPS) is 14.3. The summed E-state index contributed by atoms with van der Waals surface area (Å²) in [7, 11) is 0. The molecule has 20 heavy (non-hydrogen) atoms. The van der Waals surface area contributed by atoms with E-state index in [4.69, 9.17) is 5.73 Å². The summed E-state index contributed by atoms with van der Waals surface area (Å²) in [5.41, 5.74) is 5.68. The van der Waals surface area contributed by atoms with Gasteiger partial charge in [0.25, 0.3) is 0 Å². The van der Waals surface area contributed by atoms with Crippen LogP contribution in [0.25, 0.3) is 0 Å². The molecule has 1 fully saturated rings. The summed E-state index contributed by atoms with van der Waals surface area (Å²) in [6.45, 7) is 4.66. The average Bonchev–Trinajstić information content (AvgIpc) is 2.96. The van der Waals surface area contributed by atoms with Crippen molar-refractivity contribution in [1.82, 2.24) is 20.3 Å². The lowest BCUT2D eigenvalue weighted by Crippen LogP contribution is -2.31. The molecule has 1 aromatic heterocycles. The molecule has 2 rings (SSSR count). The van der Waals surface area contributed by atoms with Gasteiger partial charge in [-0.15, -0.1) is 0 Å². The molecule has 1 saturated heterocycles. The van der Waals surface area contributed by atoms with Crippen molar-refractivity contribution in [2.75, 3.05) is 42.1 Å². The number of hydrogen-bond donors (Lipinski definition) is 3. The Hall–Kier alpha value is -2.12. The zero-order chi connectivity index (χ0) is 14.4. The van der Waals surface area contributed by atoms with Gasteiger partial charge in [-0.05, 0) is 19.3 Å². The summed E-state index contributed by atoms with van der Waals surface area (Å²) >= 11 is 0. The van der Waals surface area contributed by atoms with E-state index in [1.165, 1.54) is 0 Å². The number of aromatic nitrogens is 3. The van der Waals surface area contributed by atoms with Crippen LogP contribution < -0.4 is 21.3 Å². The molecule has 0 aromatic carbocycles. The minimum absolute atomic E-state index is 0.0893. The fourth-order valence-corrected chi connectivity index (χ4v) is 2.00. The topological polar surface area (TPSA) is 109 Å². The highest BCUT2D eigenvalue weighted by molar-refractivity contribution is 5.80. The molecule has 1 aliphatic rings. The second-order valence-electron chi connectivity index (χ2n) is 4.71. The fraction of sp³-hybridized carbons (Fsp3) is 0.667. The number of nitrogens with one attached hydrogen (secondary N) is 2. The van der Waals surface area contributed by atoms with Gasteiger partial charge in [0, 0.05) is 19.6 Å². The molecule has 4 N–H and O–H groups in total. The van der Waals surface area contributed by atoms with E-state index in [-0.39, 0.29) is 18.4 Å². The zero-order valence-corrected chi connectivity index (χ0v) is 11.7. The van der Waals surface area contributed by atoms with E-state index in [2.05, 4.69) is 30.5 Å². The first-order valence-electron chi connectivity index (χ1n) is 6.96. The minimum Gasteiger partial charge on any atom is -0.368 e. The molecule has 1 aromatic rings. The van der Waals surface area contributed by atoms with Crippen LogP contribution in [0.1, 0.15) is 26.2 Å². The molecule has 8 heteroatoms. The lowest BCUT2D eigenvalue weighted by atomic mass is 10.4. The van der Waals surface area contributed by atoms with Gasteiger partial charge in [-0.2, -0.15) is 15.0 Å². The number of nitrogens with zero attached hydrogens (tertiary/aromatic N) is 4. The van der Waals surface area contributed by atoms with E-state index in [0.29, 0.717) is 18.4 Å². The minimum atomic E-state index is -0.0893. The molecule has 0 spiro atoms. The molecule has 0 aliphatic carbocycles. The van der Waals surface area contributed by atoms with Gasteiger partial charge in [0.05, 0.1) is 6.54 Å². The summed E-state index contributed by atoms with van der Waals surface area (Å²) in [5, 5.41) is 5.65. The number of hydrogen-bond acceptors (Lipinski definition) is 7. The summed E-state index contributed by atoms with van der Waals surface area (Å²) in [6, 6.07) is 0. The Kier molecular flexibility index (Phi) is 4.91. The second-order valence-corrected chi connectivity index (χ2v) is 4.71. The fourth-order valence-electron chi connectivity index (χ4n) is 2.00. The number of anilines is 3. The van der Waals surface area contributed by atoms with Crippen LogP contribution in [-0.2, 0) is 4.79 Å². The Bertz CT molecular complexity index is 459. The van der Waals surface area contributed by atoms with E-state index >= 15 is 0 Å². The third kappa shape index (κ3) is 3.94. The van der Waals surface area contributed by atoms with Crippen molar-refractivity contribution < 1.29 is 4.79 Å².